The van der Waals surface area contributed by atoms with Crippen LogP contribution in [-0.2, 0) is 4.79 Å². The van der Waals surface area contributed by atoms with Gasteiger partial charge in [0.2, 0.25) is 0 Å². The van der Waals surface area contributed by atoms with Crippen LogP contribution in [0.2, 0.25) is 0 Å². The van der Waals surface area contributed by atoms with Crippen LogP contribution in [0.1, 0.15) is 12.5 Å². The molecule has 7 heteroatoms. The van der Waals surface area contributed by atoms with E-state index in [1.807, 2.05) is 13.0 Å². The first-order valence-corrected chi connectivity index (χ1v) is 7.12. The predicted octanol–water partition coefficient (Wildman–Crippen LogP) is 2.17. The fourth-order valence-electron chi connectivity index (χ4n) is 1.68. The molecule has 1 saturated heterocycles. The Hall–Kier alpha value is -1.57. The molecule has 1 heterocycles. The largest absolute Gasteiger partial charge is 0.493 e. The number of rotatable bonds is 4. The van der Waals surface area contributed by atoms with Crippen LogP contribution in [0.15, 0.2) is 23.1 Å². The van der Waals surface area contributed by atoms with Gasteiger partial charge in [-0.2, -0.15) is 0 Å². The number of benzene rings is 1. The number of amides is 1. The molecule has 0 unspecified atom stereocenters. The lowest BCUT2D eigenvalue weighted by molar-refractivity contribution is -0.122. The molecule has 0 spiro atoms. The van der Waals surface area contributed by atoms with E-state index in [0.717, 1.165) is 10.6 Å². The molecule has 5 nitrogen and oxygen atoms in total. The van der Waals surface area contributed by atoms with Crippen LogP contribution in [0.5, 0.6) is 11.5 Å². The molecular weight excluding hydrogens is 296 g/mol. The van der Waals surface area contributed by atoms with Crippen molar-refractivity contribution in [2.24, 2.45) is 5.84 Å². The van der Waals surface area contributed by atoms with Gasteiger partial charge < -0.3 is 9.47 Å². The quantitative estimate of drug-likeness (QED) is 0.398. The lowest BCUT2D eigenvalue weighted by atomic mass is 10.2. The Balaban J connectivity index is 2.30. The van der Waals surface area contributed by atoms with Gasteiger partial charge in [-0.1, -0.05) is 30.0 Å². The fourth-order valence-corrected chi connectivity index (χ4v) is 2.78. The first-order valence-electron chi connectivity index (χ1n) is 5.90. The molecule has 1 amide bonds. The van der Waals surface area contributed by atoms with E-state index < -0.39 is 0 Å². The SMILES string of the molecule is CCOc1ccc(/C=C2\SC(=S)N(N)C2=O)cc1OC. The number of nitrogens with two attached hydrogens (primary N) is 1. The Morgan fingerprint density at radius 2 is 2.20 bits per heavy atom. The standard InChI is InChI=1S/C13H14N2O3S2/c1-3-18-9-5-4-8(6-10(9)17-2)7-11-12(16)15(14)13(19)20-11/h4-7H,3,14H2,1-2H3/b11-7-. The molecule has 1 aromatic carbocycles. The van der Waals surface area contributed by atoms with Gasteiger partial charge in [0.25, 0.3) is 5.91 Å². The number of hydrogen-bond donors (Lipinski definition) is 1. The van der Waals surface area contributed by atoms with Gasteiger partial charge in [0.05, 0.1) is 18.6 Å². The molecule has 0 bridgehead atoms. The highest BCUT2D eigenvalue weighted by molar-refractivity contribution is 8.26. The van der Waals surface area contributed by atoms with Crippen molar-refractivity contribution in [1.29, 1.82) is 0 Å². The summed E-state index contributed by atoms with van der Waals surface area (Å²) in [7, 11) is 1.57. The topological polar surface area (TPSA) is 64.8 Å². The van der Waals surface area contributed by atoms with Gasteiger partial charge in [-0.05, 0) is 30.7 Å². The van der Waals surface area contributed by atoms with Crippen molar-refractivity contribution in [3.05, 3.63) is 28.7 Å². The Labute approximate surface area is 126 Å². The minimum Gasteiger partial charge on any atom is -0.493 e. The van der Waals surface area contributed by atoms with Gasteiger partial charge in [0, 0.05) is 0 Å². The van der Waals surface area contributed by atoms with Gasteiger partial charge >= 0.3 is 0 Å². The lowest BCUT2D eigenvalue weighted by Crippen LogP contribution is -2.34. The summed E-state index contributed by atoms with van der Waals surface area (Å²) in [6.45, 7) is 2.46. The molecule has 0 saturated carbocycles. The second kappa shape index (κ2) is 6.25. The number of ether oxygens (including phenoxy) is 2. The molecule has 1 aromatic rings. The number of carbonyl (C=O) groups is 1. The average molecular weight is 310 g/mol. The van der Waals surface area contributed by atoms with Crippen LogP contribution in [0.3, 0.4) is 0 Å². The molecule has 1 fully saturated rings. The third kappa shape index (κ3) is 2.95. The van der Waals surface area contributed by atoms with E-state index >= 15 is 0 Å². The Bertz CT molecular complexity index is 587. The molecule has 20 heavy (non-hydrogen) atoms. The van der Waals surface area contributed by atoms with Gasteiger partial charge in [-0.15, -0.1) is 0 Å². The second-order valence-electron chi connectivity index (χ2n) is 3.90. The molecule has 0 aromatic heterocycles. The Morgan fingerprint density at radius 1 is 1.45 bits per heavy atom. The van der Waals surface area contributed by atoms with E-state index in [-0.39, 0.29) is 5.91 Å². The van der Waals surface area contributed by atoms with E-state index in [2.05, 4.69) is 0 Å². The lowest BCUT2D eigenvalue weighted by Gasteiger charge is -2.09. The Kier molecular flexibility index (Phi) is 4.64. The highest BCUT2D eigenvalue weighted by atomic mass is 32.2. The van der Waals surface area contributed by atoms with Crippen molar-refractivity contribution in [2.45, 2.75) is 6.92 Å². The summed E-state index contributed by atoms with van der Waals surface area (Å²) in [4.78, 5) is 12.3. The second-order valence-corrected chi connectivity index (χ2v) is 5.57. The van der Waals surface area contributed by atoms with Crippen molar-refractivity contribution < 1.29 is 14.3 Å². The molecule has 0 atom stereocenters. The van der Waals surface area contributed by atoms with E-state index in [0.29, 0.717) is 27.3 Å². The number of hydrogen-bond acceptors (Lipinski definition) is 6. The summed E-state index contributed by atoms with van der Waals surface area (Å²) in [5.74, 6) is 6.50. The molecule has 1 aliphatic rings. The van der Waals surface area contributed by atoms with Gasteiger partial charge in [-0.3, -0.25) is 4.79 Å². The van der Waals surface area contributed by atoms with Crippen LogP contribution in [0, 0.1) is 0 Å². The van der Waals surface area contributed by atoms with Crippen LogP contribution in [-0.4, -0.2) is 29.0 Å². The normalized spacial score (nSPS) is 16.9. The highest BCUT2D eigenvalue weighted by Crippen LogP contribution is 2.33. The number of methoxy groups -OCH3 is 1. The molecule has 2 rings (SSSR count). The van der Waals surface area contributed by atoms with Gasteiger partial charge in [0.15, 0.2) is 15.8 Å². The smallest absolute Gasteiger partial charge is 0.280 e. The third-order valence-electron chi connectivity index (χ3n) is 2.61. The zero-order valence-corrected chi connectivity index (χ0v) is 12.7. The number of nitrogens with zero attached hydrogens (tertiary/aromatic N) is 1. The van der Waals surface area contributed by atoms with Crippen molar-refractivity contribution in [1.82, 2.24) is 5.01 Å². The summed E-state index contributed by atoms with van der Waals surface area (Å²) in [5.41, 5.74) is 0.819. The van der Waals surface area contributed by atoms with Crippen LogP contribution in [0.25, 0.3) is 6.08 Å². The zero-order valence-electron chi connectivity index (χ0n) is 11.1. The van der Waals surface area contributed by atoms with E-state index in [1.165, 1.54) is 11.8 Å². The summed E-state index contributed by atoms with van der Waals surface area (Å²) >= 11 is 6.15. The predicted molar refractivity (Wildman–Crippen MR) is 83.4 cm³/mol. The van der Waals surface area contributed by atoms with E-state index in [1.54, 1.807) is 25.3 Å². The van der Waals surface area contributed by atoms with Crippen molar-refractivity contribution in [2.75, 3.05) is 13.7 Å². The van der Waals surface area contributed by atoms with Crippen molar-refractivity contribution in [3.8, 4) is 11.5 Å². The summed E-state index contributed by atoms with van der Waals surface area (Å²) in [5, 5.41) is 0.970. The molecule has 0 aliphatic carbocycles. The highest BCUT2D eigenvalue weighted by Gasteiger charge is 2.29. The maximum atomic E-state index is 11.8. The molecular formula is C13H14N2O3S2. The minimum absolute atomic E-state index is 0.298. The summed E-state index contributed by atoms with van der Waals surface area (Å²) < 4.78 is 11.1. The van der Waals surface area contributed by atoms with E-state index in [4.69, 9.17) is 27.5 Å². The molecule has 2 N–H and O–H groups in total. The van der Waals surface area contributed by atoms with Gasteiger partial charge in [0.1, 0.15) is 0 Å². The monoisotopic (exact) mass is 310 g/mol. The molecule has 0 radical (unpaired) electrons. The van der Waals surface area contributed by atoms with Crippen LogP contribution >= 0.6 is 24.0 Å². The minimum atomic E-state index is -0.298. The number of thioether (sulfide) groups is 1. The first-order chi connectivity index (χ1) is 9.56. The third-order valence-corrected chi connectivity index (χ3v) is 3.94. The first kappa shape index (κ1) is 14.8. The molecule has 106 valence electrons. The zero-order chi connectivity index (χ0) is 14.7. The number of thiocarbonyl (C=S) groups is 1. The maximum Gasteiger partial charge on any atom is 0.280 e. The van der Waals surface area contributed by atoms with E-state index in [9.17, 15) is 4.79 Å². The van der Waals surface area contributed by atoms with Crippen molar-refractivity contribution in [3.63, 3.8) is 0 Å². The fraction of sp³-hybridized carbons (Fsp3) is 0.231. The Morgan fingerprint density at radius 3 is 2.75 bits per heavy atom. The summed E-state index contributed by atoms with van der Waals surface area (Å²) in [6.07, 6.45) is 1.73. The van der Waals surface area contributed by atoms with Crippen LogP contribution in [0.4, 0.5) is 0 Å². The summed E-state index contributed by atoms with van der Waals surface area (Å²) in [6, 6.07) is 5.45. The average Bonchev–Trinajstić information content (AvgIpc) is 2.68. The number of hydrazine groups is 1. The maximum absolute atomic E-state index is 11.8. The van der Waals surface area contributed by atoms with Crippen molar-refractivity contribution >= 4 is 40.3 Å². The molecule has 1 aliphatic heterocycles. The number of carbonyl (C=O) groups excluding carboxylic acids is 1. The van der Waals surface area contributed by atoms with Crippen LogP contribution < -0.4 is 15.3 Å². The van der Waals surface area contributed by atoms with Gasteiger partial charge in [-0.25, -0.2) is 10.9 Å².